The maximum atomic E-state index is 12.1. The lowest BCUT2D eigenvalue weighted by molar-refractivity contribution is -0.119. The van der Waals surface area contributed by atoms with Gasteiger partial charge in [-0.2, -0.15) is 0 Å². The van der Waals surface area contributed by atoms with Crippen molar-refractivity contribution in [3.05, 3.63) is 48.0 Å². The van der Waals surface area contributed by atoms with Crippen LogP contribution in [0.15, 0.2) is 42.5 Å². The summed E-state index contributed by atoms with van der Waals surface area (Å²) in [5, 5.41) is 17.5. The summed E-state index contributed by atoms with van der Waals surface area (Å²) in [5.41, 5.74) is 2.75. The van der Waals surface area contributed by atoms with Crippen molar-refractivity contribution in [2.24, 2.45) is 7.05 Å². The van der Waals surface area contributed by atoms with E-state index >= 15 is 0 Å². The van der Waals surface area contributed by atoms with Gasteiger partial charge in [0.05, 0.1) is 20.8 Å². The molecule has 152 valence electrons. The lowest BCUT2D eigenvalue weighted by atomic mass is 10.1. The lowest BCUT2D eigenvalue weighted by Gasteiger charge is -2.11. The van der Waals surface area contributed by atoms with Gasteiger partial charge in [-0.15, -0.1) is 5.10 Å². The third kappa shape index (κ3) is 5.22. The number of nitrogens with zero attached hydrogens (tertiary/aromatic N) is 4. The summed E-state index contributed by atoms with van der Waals surface area (Å²) in [7, 11) is 4.98. The highest BCUT2D eigenvalue weighted by Crippen LogP contribution is 2.27. The molecule has 29 heavy (non-hydrogen) atoms. The van der Waals surface area contributed by atoms with E-state index in [9.17, 15) is 4.79 Å². The maximum absolute atomic E-state index is 12.1. The Balaban J connectivity index is 1.48. The fraction of sp³-hybridized carbons (Fsp3) is 0.300. The van der Waals surface area contributed by atoms with Crippen LogP contribution in [-0.2, 0) is 18.3 Å². The van der Waals surface area contributed by atoms with E-state index in [0.29, 0.717) is 30.3 Å². The number of carbonyl (C=O) groups is 1. The minimum atomic E-state index is -0.0868. The Kier molecular flexibility index (Phi) is 6.62. The van der Waals surface area contributed by atoms with Crippen LogP contribution in [0.25, 0.3) is 11.4 Å². The number of rotatable bonds is 9. The molecule has 9 nitrogen and oxygen atoms in total. The fourth-order valence-corrected chi connectivity index (χ4v) is 2.87. The molecule has 1 aromatic heterocycles. The lowest BCUT2D eigenvalue weighted by Crippen LogP contribution is -2.31. The van der Waals surface area contributed by atoms with E-state index in [1.54, 1.807) is 25.9 Å². The number of methoxy groups -OCH3 is 2. The van der Waals surface area contributed by atoms with Crippen molar-refractivity contribution < 1.29 is 14.3 Å². The van der Waals surface area contributed by atoms with Crippen molar-refractivity contribution in [1.29, 1.82) is 0 Å². The number of carbonyl (C=O) groups excluding carboxylic acids is 1. The molecule has 2 N–H and O–H groups in total. The minimum absolute atomic E-state index is 0.0868. The quantitative estimate of drug-likeness (QED) is 0.567. The van der Waals surface area contributed by atoms with Crippen molar-refractivity contribution in [3.63, 3.8) is 0 Å². The average molecular weight is 396 g/mol. The van der Waals surface area contributed by atoms with Crippen molar-refractivity contribution in [2.75, 3.05) is 32.6 Å². The Bertz CT molecular complexity index is 972. The predicted octanol–water partition coefficient (Wildman–Crippen LogP) is 1.67. The molecule has 0 radical (unpaired) electrons. The number of hydrogen-bond acceptors (Lipinski definition) is 7. The highest BCUT2D eigenvalue weighted by Gasteiger charge is 2.08. The Morgan fingerprint density at radius 1 is 1.10 bits per heavy atom. The van der Waals surface area contributed by atoms with Crippen LogP contribution in [0.1, 0.15) is 5.56 Å². The van der Waals surface area contributed by atoms with Crippen molar-refractivity contribution in [1.82, 2.24) is 25.5 Å². The zero-order valence-corrected chi connectivity index (χ0v) is 16.7. The van der Waals surface area contributed by atoms with E-state index < -0.39 is 0 Å². The summed E-state index contributed by atoms with van der Waals surface area (Å²) in [6.07, 6.45) is 0.695. The van der Waals surface area contributed by atoms with Gasteiger partial charge in [-0.05, 0) is 46.7 Å². The molecule has 0 atom stereocenters. The van der Waals surface area contributed by atoms with E-state index in [1.807, 2.05) is 42.5 Å². The fourth-order valence-electron chi connectivity index (χ4n) is 2.87. The van der Waals surface area contributed by atoms with Crippen LogP contribution in [-0.4, -0.2) is 53.4 Å². The second kappa shape index (κ2) is 9.54. The third-order valence-corrected chi connectivity index (χ3v) is 4.38. The summed E-state index contributed by atoms with van der Waals surface area (Å²) < 4.78 is 12.1. The number of benzene rings is 2. The maximum Gasteiger partial charge on any atom is 0.239 e. The summed E-state index contributed by atoms with van der Waals surface area (Å²) in [6.45, 7) is 0.701. The Morgan fingerprint density at radius 3 is 2.66 bits per heavy atom. The molecular weight excluding hydrogens is 372 g/mol. The van der Waals surface area contributed by atoms with Crippen molar-refractivity contribution >= 4 is 11.6 Å². The monoisotopic (exact) mass is 396 g/mol. The summed E-state index contributed by atoms with van der Waals surface area (Å²) >= 11 is 0. The third-order valence-electron chi connectivity index (χ3n) is 4.38. The first-order valence-electron chi connectivity index (χ1n) is 9.15. The second-order valence-electron chi connectivity index (χ2n) is 6.35. The van der Waals surface area contributed by atoms with Gasteiger partial charge < -0.3 is 20.1 Å². The van der Waals surface area contributed by atoms with Crippen LogP contribution in [0.4, 0.5) is 5.69 Å². The van der Waals surface area contributed by atoms with Crippen LogP contribution < -0.4 is 20.1 Å². The molecule has 0 aliphatic heterocycles. The molecule has 0 fully saturated rings. The number of nitrogens with one attached hydrogen (secondary N) is 2. The molecule has 3 rings (SSSR count). The summed E-state index contributed by atoms with van der Waals surface area (Å²) in [4.78, 5) is 12.1. The molecule has 3 aromatic rings. The number of tetrazole rings is 1. The van der Waals surface area contributed by atoms with Gasteiger partial charge in [0.25, 0.3) is 0 Å². The first-order chi connectivity index (χ1) is 14.1. The van der Waals surface area contributed by atoms with Crippen LogP contribution in [0.5, 0.6) is 11.5 Å². The molecule has 2 aromatic carbocycles. The normalized spacial score (nSPS) is 10.4. The molecule has 0 unspecified atom stereocenters. The number of aromatic nitrogens is 4. The van der Waals surface area contributed by atoms with Crippen molar-refractivity contribution in [3.8, 4) is 22.9 Å². The van der Waals surface area contributed by atoms with Crippen molar-refractivity contribution in [2.45, 2.75) is 6.42 Å². The van der Waals surface area contributed by atoms with Gasteiger partial charge in [0.1, 0.15) is 0 Å². The molecule has 1 heterocycles. The molecule has 0 aliphatic carbocycles. The van der Waals surface area contributed by atoms with Crippen LogP contribution >= 0.6 is 0 Å². The van der Waals surface area contributed by atoms with Gasteiger partial charge in [-0.1, -0.05) is 18.2 Å². The van der Waals surface area contributed by atoms with Crippen LogP contribution in [0, 0.1) is 0 Å². The number of amides is 1. The highest BCUT2D eigenvalue weighted by atomic mass is 16.5. The number of anilines is 1. The van der Waals surface area contributed by atoms with E-state index in [1.165, 1.54) is 0 Å². The van der Waals surface area contributed by atoms with Gasteiger partial charge in [0.2, 0.25) is 5.91 Å². The zero-order chi connectivity index (χ0) is 20.6. The van der Waals surface area contributed by atoms with E-state index in [0.717, 1.165) is 16.8 Å². The highest BCUT2D eigenvalue weighted by molar-refractivity contribution is 5.81. The first-order valence-corrected chi connectivity index (χ1v) is 9.15. The van der Waals surface area contributed by atoms with Gasteiger partial charge >= 0.3 is 0 Å². The molecule has 0 spiro atoms. The molecule has 0 saturated heterocycles. The van der Waals surface area contributed by atoms with Gasteiger partial charge in [-0.3, -0.25) is 4.79 Å². The first kappa shape index (κ1) is 20.1. The molecule has 9 heteroatoms. The summed E-state index contributed by atoms with van der Waals surface area (Å²) in [5.74, 6) is 1.93. The molecule has 0 aliphatic rings. The second-order valence-corrected chi connectivity index (χ2v) is 6.35. The molecule has 0 bridgehead atoms. The molecular formula is C20H24N6O3. The largest absolute Gasteiger partial charge is 0.493 e. The van der Waals surface area contributed by atoms with E-state index in [4.69, 9.17) is 9.47 Å². The average Bonchev–Trinajstić information content (AvgIpc) is 3.18. The van der Waals surface area contributed by atoms with Crippen LogP contribution in [0.2, 0.25) is 0 Å². The van der Waals surface area contributed by atoms with Gasteiger partial charge in [0.15, 0.2) is 17.3 Å². The number of aryl methyl sites for hydroxylation is 1. The number of hydrogen-bond donors (Lipinski definition) is 2. The Hall–Kier alpha value is -3.62. The summed E-state index contributed by atoms with van der Waals surface area (Å²) in [6, 6.07) is 13.3. The standard InChI is InChI=1S/C20H24N6O3/c1-26-20(23-24-25-26)15-5-4-6-16(12-15)22-13-19(27)21-10-9-14-7-8-17(28-2)18(11-14)29-3/h4-8,11-12,22H,9-10,13H2,1-3H3,(H,21,27). The minimum Gasteiger partial charge on any atom is -0.493 e. The smallest absolute Gasteiger partial charge is 0.239 e. The molecule has 1 amide bonds. The zero-order valence-electron chi connectivity index (χ0n) is 16.7. The SMILES string of the molecule is COc1ccc(CCNC(=O)CNc2cccc(-c3nnnn3C)c2)cc1OC. The van der Waals surface area contributed by atoms with Gasteiger partial charge in [0, 0.05) is 24.8 Å². The Morgan fingerprint density at radius 2 is 1.93 bits per heavy atom. The topological polar surface area (TPSA) is 103 Å². The predicted molar refractivity (Wildman–Crippen MR) is 109 cm³/mol. The van der Waals surface area contributed by atoms with E-state index in [2.05, 4.69) is 26.2 Å². The Labute approximate surface area is 169 Å². The van der Waals surface area contributed by atoms with Crippen LogP contribution in [0.3, 0.4) is 0 Å². The molecule has 0 saturated carbocycles. The number of ether oxygens (including phenoxy) is 2. The van der Waals surface area contributed by atoms with E-state index in [-0.39, 0.29) is 12.5 Å². The van der Waals surface area contributed by atoms with Gasteiger partial charge in [-0.25, -0.2) is 4.68 Å².